The van der Waals surface area contributed by atoms with Crippen LogP contribution in [0.25, 0.3) is 10.1 Å². The summed E-state index contributed by atoms with van der Waals surface area (Å²) in [5, 5.41) is 3.63. The van der Waals surface area contributed by atoms with E-state index in [1.54, 1.807) is 13.0 Å². The second kappa shape index (κ2) is 7.08. The standard InChI is InChI=1S/C20H20N2O4S/c1-12(14-7-8-16-17(11-14)26-10-9-25-16)21-19(23)13(2)22-20(24)15-5-3-4-6-18(15)27-22/h3-8,11-13H,9-10H2,1-2H3,(H,21,23)/t12-,13-/m0/s1. The molecule has 1 aliphatic rings. The molecule has 4 rings (SSSR count). The van der Waals surface area contributed by atoms with Gasteiger partial charge in [-0.05, 0) is 43.7 Å². The van der Waals surface area contributed by atoms with E-state index in [-0.39, 0.29) is 17.5 Å². The van der Waals surface area contributed by atoms with Gasteiger partial charge in [0, 0.05) is 0 Å². The molecule has 1 aromatic heterocycles. The fourth-order valence-corrected chi connectivity index (χ4v) is 4.14. The predicted octanol–water partition coefficient (Wildman–Crippen LogP) is 3.27. The maximum absolute atomic E-state index is 12.7. The number of aromatic nitrogens is 1. The van der Waals surface area contributed by atoms with E-state index in [0.29, 0.717) is 30.1 Å². The third-order valence-electron chi connectivity index (χ3n) is 4.67. The van der Waals surface area contributed by atoms with Crippen LogP contribution in [-0.4, -0.2) is 23.1 Å². The molecular formula is C20H20N2O4S. The molecule has 0 unspecified atom stereocenters. The highest BCUT2D eigenvalue weighted by atomic mass is 32.1. The number of rotatable bonds is 4. The van der Waals surface area contributed by atoms with Gasteiger partial charge in [0.15, 0.2) is 11.5 Å². The summed E-state index contributed by atoms with van der Waals surface area (Å²) in [5.74, 6) is 1.20. The number of carbonyl (C=O) groups excluding carboxylic acids is 1. The van der Waals surface area contributed by atoms with E-state index < -0.39 is 6.04 Å². The molecule has 0 fully saturated rings. The highest BCUT2D eigenvalue weighted by molar-refractivity contribution is 7.14. The molecule has 2 atom stereocenters. The lowest BCUT2D eigenvalue weighted by Gasteiger charge is -2.22. The van der Waals surface area contributed by atoms with E-state index in [1.807, 2.05) is 43.3 Å². The summed E-state index contributed by atoms with van der Waals surface area (Å²) in [6.07, 6.45) is 0. The van der Waals surface area contributed by atoms with Crippen LogP contribution in [0.5, 0.6) is 11.5 Å². The Bertz CT molecular complexity index is 1060. The van der Waals surface area contributed by atoms with Gasteiger partial charge in [-0.3, -0.25) is 13.5 Å². The summed E-state index contributed by atoms with van der Waals surface area (Å²) in [6, 6.07) is 12.2. The summed E-state index contributed by atoms with van der Waals surface area (Å²) in [5.41, 5.74) is 0.786. The molecule has 0 saturated heterocycles. The summed E-state index contributed by atoms with van der Waals surface area (Å²) in [7, 11) is 0. The number of amides is 1. The molecule has 1 aliphatic heterocycles. The van der Waals surface area contributed by atoms with Crippen LogP contribution in [0.1, 0.15) is 31.5 Å². The normalized spacial score (nSPS) is 15.3. The maximum atomic E-state index is 12.7. The molecular weight excluding hydrogens is 364 g/mol. The third-order valence-corrected chi connectivity index (χ3v) is 5.90. The molecule has 1 N–H and O–H groups in total. The molecule has 0 saturated carbocycles. The molecule has 7 heteroatoms. The van der Waals surface area contributed by atoms with Gasteiger partial charge in [0.05, 0.1) is 16.1 Å². The Labute approximate surface area is 160 Å². The highest BCUT2D eigenvalue weighted by Crippen LogP contribution is 2.32. The van der Waals surface area contributed by atoms with E-state index in [1.165, 1.54) is 15.5 Å². The molecule has 0 bridgehead atoms. The Morgan fingerprint density at radius 2 is 1.85 bits per heavy atom. The van der Waals surface area contributed by atoms with Crippen molar-refractivity contribution < 1.29 is 14.3 Å². The first-order chi connectivity index (χ1) is 13.0. The fourth-order valence-electron chi connectivity index (χ4n) is 3.10. The Hall–Kier alpha value is -2.80. The Balaban J connectivity index is 1.52. The molecule has 27 heavy (non-hydrogen) atoms. The number of carbonyl (C=O) groups is 1. The molecule has 3 aromatic rings. The number of ether oxygens (including phenoxy) is 2. The van der Waals surface area contributed by atoms with Crippen molar-refractivity contribution in [3.63, 3.8) is 0 Å². The van der Waals surface area contributed by atoms with Crippen molar-refractivity contribution in [3.05, 3.63) is 58.4 Å². The number of benzene rings is 2. The average molecular weight is 384 g/mol. The zero-order valence-electron chi connectivity index (χ0n) is 15.1. The second-order valence-corrected chi connectivity index (χ2v) is 7.54. The molecule has 2 heterocycles. The van der Waals surface area contributed by atoms with Crippen molar-refractivity contribution in [3.8, 4) is 11.5 Å². The molecule has 0 spiro atoms. The van der Waals surface area contributed by atoms with E-state index >= 15 is 0 Å². The van der Waals surface area contributed by atoms with Crippen LogP contribution in [0.15, 0.2) is 47.3 Å². The third kappa shape index (κ3) is 3.30. The number of nitrogens with one attached hydrogen (secondary N) is 1. The predicted molar refractivity (Wildman–Crippen MR) is 105 cm³/mol. The van der Waals surface area contributed by atoms with Crippen LogP contribution in [-0.2, 0) is 4.79 Å². The zero-order chi connectivity index (χ0) is 19.0. The lowest BCUT2D eigenvalue weighted by Crippen LogP contribution is -2.35. The lowest BCUT2D eigenvalue weighted by atomic mass is 10.1. The minimum Gasteiger partial charge on any atom is -0.486 e. The fraction of sp³-hybridized carbons (Fsp3) is 0.300. The number of hydrogen-bond donors (Lipinski definition) is 1. The second-order valence-electron chi connectivity index (χ2n) is 6.53. The number of hydrogen-bond acceptors (Lipinski definition) is 5. The van der Waals surface area contributed by atoms with Crippen molar-refractivity contribution >= 4 is 27.5 Å². The lowest BCUT2D eigenvalue weighted by molar-refractivity contribution is -0.124. The zero-order valence-corrected chi connectivity index (χ0v) is 15.9. The molecule has 2 aromatic carbocycles. The van der Waals surface area contributed by atoms with Crippen LogP contribution in [0.4, 0.5) is 0 Å². The molecule has 0 radical (unpaired) electrons. The van der Waals surface area contributed by atoms with Crippen LogP contribution in [0.3, 0.4) is 0 Å². The Morgan fingerprint density at radius 3 is 2.63 bits per heavy atom. The van der Waals surface area contributed by atoms with Gasteiger partial charge < -0.3 is 14.8 Å². The van der Waals surface area contributed by atoms with Gasteiger partial charge in [-0.15, -0.1) is 0 Å². The monoisotopic (exact) mass is 384 g/mol. The van der Waals surface area contributed by atoms with Crippen LogP contribution in [0.2, 0.25) is 0 Å². The van der Waals surface area contributed by atoms with Crippen molar-refractivity contribution in [1.82, 2.24) is 9.27 Å². The maximum Gasteiger partial charge on any atom is 0.269 e. The van der Waals surface area contributed by atoms with Crippen molar-refractivity contribution in [1.29, 1.82) is 0 Å². The van der Waals surface area contributed by atoms with Gasteiger partial charge >= 0.3 is 0 Å². The smallest absolute Gasteiger partial charge is 0.269 e. The van der Waals surface area contributed by atoms with Crippen molar-refractivity contribution in [2.24, 2.45) is 0 Å². The van der Waals surface area contributed by atoms with Gasteiger partial charge in [-0.25, -0.2) is 0 Å². The molecule has 140 valence electrons. The first-order valence-corrected chi connectivity index (χ1v) is 9.62. The minimum absolute atomic E-state index is 0.134. The van der Waals surface area contributed by atoms with Crippen molar-refractivity contribution in [2.75, 3.05) is 13.2 Å². The summed E-state index contributed by atoms with van der Waals surface area (Å²) in [6.45, 7) is 4.70. The SMILES string of the molecule is C[C@H](NC(=O)[C@H](C)n1sc2ccccc2c1=O)c1ccc2c(c1)OCCO2. The van der Waals surface area contributed by atoms with E-state index in [4.69, 9.17) is 9.47 Å². The van der Waals surface area contributed by atoms with Gasteiger partial charge in [0.1, 0.15) is 19.3 Å². The topological polar surface area (TPSA) is 69.6 Å². The first-order valence-electron chi connectivity index (χ1n) is 8.85. The summed E-state index contributed by atoms with van der Waals surface area (Å²) >= 11 is 1.31. The summed E-state index contributed by atoms with van der Waals surface area (Å²) < 4.78 is 13.5. The number of fused-ring (bicyclic) bond motifs is 2. The van der Waals surface area contributed by atoms with Gasteiger partial charge in [-0.1, -0.05) is 29.7 Å². The average Bonchev–Trinajstić information content (AvgIpc) is 3.03. The van der Waals surface area contributed by atoms with E-state index in [2.05, 4.69) is 5.32 Å². The molecule has 1 amide bonds. The van der Waals surface area contributed by atoms with Crippen molar-refractivity contribution in [2.45, 2.75) is 25.9 Å². The Morgan fingerprint density at radius 1 is 1.11 bits per heavy atom. The molecule has 0 aliphatic carbocycles. The van der Waals surface area contributed by atoms with Crippen LogP contribution in [0, 0.1) is 0 Å². The first kappa shape index (κ1) is 17.6. The van der Waals surface area contributed by atoms with Gasteiger partial charge in [-0.2, -0.15) is 0 Å². The van der Waals surface area contributed by atoms with E-state index in [9.17, 15) is 9.59 Å². The van der Waals surface area contributed by atoms with Crippen LogP contribution >= 0.6 is 11.5 Å². The van der Waals surface area contributed by atoms with Crippen LogP contribution < -0.4 is 20.3 Å². The quantitative estimate of drug-likeness (QED) is 0.750. The minimum atomic E-state index is -0.588. The highest BCUT2D eigenvalue weighted by Gasteiger charge is 2.22. The van der Waals surface area contributed by atoms with Gasteiger partial charge in [0.2, 0.25) is 5.91 Å². The molecule has 6 nitrogen and oxygen atoms in total. The van der Waals surface area contributed by atoms with E-state index in [0.717, 1.165) is 10.3 Å². The van der Waals surface area contributed by atoms with Gasteiger partial charge in [0.25, 0.3) is 5.56 Å². The number of nitrogens with zero attached hydrogens (tertiary/aromatic N) is 1. The summed E-state index contributed by atoms with van der Waals surface area (Å²) in [4.78, 5) is 25.3. The Kier molecular flexibility index (Phi) is 4.61. The largest absolute Gasteiger partial charge is 0.486 e.